The molecule has 4 rings (SSSR count). The highest BCUT2D eigenvalue weighted by molar-refractivity contribution is 5.79. The van der Waals surface area contributed by atoms with E-state index in [9.17, 15) is 4.79 Å². The average Bonchev–Trinajstić information content (AvgIpc) is 3.12. The van der Waals surface area contributed by atoms with Gasteiger partial charge in [-0.25, -0.2) is 0 Å². The van der Waals surface area contributed by atoms with Gasteiger partial charge >= 0.3 is 0 Å². The van der Waals surface area contributed by atoms with Gasteiger partial charge in [-0.15, -0.1) is 0 Å². The van der Waals surface area contributed by atoms with Gasteiger partial charge in [-0.05, 0) is 37.5 Å². The fourth-order valence-electron chi connectivity index (χ4n) is 3.15. The summed E-state index contributed by atoms with van der Waals surface area (Å²) in [5.74, 6) is 3.00. The number of rotatable bonds is 8. The van der Waals surface area contributed by atoms with E-state index in [1.54, 1.807) is 0 Å². The molecule has 1 aliphatic rings. The predicted octanol–water partition coefficient (Wildman–Crippen LogP) is 4.62. The number of carbonyl (C=O) groups excluding carboxylic acids is 1. The van der Waals surface area contributed by atoms with Crippen LogP contribution in [0.3, 0.4) is 0 Å². The number of aryl methyl sites for hydroxylation is 1. The Morgan fingerprint density at radius 1 is 1.11 bits per heavy atom. The second kappa shape index (κ2) is 8.25. The molecule has 2 aromatic carbocycles. The zero-order valence-corrected chi connectivity index (χ0v) is 15.8. The number of hydrogen-bond donors (Lipinski definition) is 0. The molecule has 0 spiro atoms. The van der Waals surface area contributed by atoms with Gasteiger partial charge in [0, 0.05) is 23.1 Å². The van der Waals surface area contributed by atoms with Crippen LogP contribution in [0.15, 0.2) is 47.0 Å². The average molecular weight is 378 g/mol. The van der Waals surface area contributed by atoms with Crippen molar-refractivity contribution in [3.8, 4) is 11.5 Å². The van der Waals surface area contributed by atoms with Gasteiger partial charge in [0.05, 0.1) is 0 Å². The van der Waals surface area contributed by atoms with E-state index in [0.717, 1.165) is 30.3 Å². The van der Waals surface area contributed by atoms with E-state index in [0.29, 0.717) is 41.3 Å². The largest absolute Gasteiger partial charge is 0.489 e. The number of aromatic nitrogens is 2. The van der Waals surface area contributed by atoms with E-state index in [1.807, 2.05) is 49.4 Å². The van der Waals surface area contributed by atoms with Crippen molar-refractivity contribution in [1.82, 2.24) is 10.1 Å². The summed E-state index contributed by atoms with van der Waals surface area (Å²) in [4.78, 5) is 15.7. The molecule has 0 bridgehead atoms. The first kappa shape index (κ1) is 18.2. The van der Waals surface area contributed by atoms with Crippen molar-refractivity contribution in [2.24, 2.45) is 0 Å². The lowest BCUT2D eigenvalue weighted by molar-refractivity contribution is 0.112. The molecule has 1 heterocycles. The van der Waals surface area contributed by atoms with E-state index >= 15 is 0 Å². The molecule has 6 nitrogen and oxygen atoms in total. The number of aldehydes is 1. The van der Waals surface area contributed by atoms with Crippen LogP contribution in [-0.4, -0.2) is 16.4 Å². The summed E-state index contributed by atoms with van der Waals surface area (Å²) in [6.45, 7) is 2.47. The highest BCUT2D eigenvalue weighted by Crippen LogP contribution is 2.35. The lowest BCUT2D eigenvalue weighted by atomic mass is 9.85. The topological polar surface area (TPSA) is 74.5 Å². The van der Waals surface area contributed by atoms with Gasteiger partial charge < -0.3 is 14.0 Å². The van der Waals surface area contributed by atoms with E-state index in [1.165, 1.54) is 6.42 Å². The number of benzene rings is 2. The normalized spacial score (nSPS) is 13.8. The monoisotopic (exact) mass is 378 g/mol. The smallest absolute Gasteiger partial charge is 0.229 e. The minimum atomic E-state index is 0.243. The fourth-order valence-corrected chi connectivity index (χ4v) is 3.15. The maximum Gasteiger partial charge on any atom is 0.229 e. The second-order valence-electron chi connectivity index (χ2n) is 6.99. The van der Waals surface area contributed by atoms with Crippen molar-refractivity contribution in [3.63, 3.8) is 0 Å². The molecule has 3 aromatic rings. The lowest BCUT2D eigenvalue weighted by Gasteiger charge is -2.20. The quantitative estimate of drug-likeness (QED) is 0.533. The summed E-state index contributed by atoms with van der Waals surface area (Å²) in [7, 11) is 0. The van der Waals surface area contributed by atoms with Crippen molar-refractivity contribution in [3.05, 3.63) is 70.9 Å². The van der Waals surface area contributed by atoms with Crippen LogP contribution in [-0.2, 0) is 13.2 Å². The zero-order valence-electron chi connectivity index (χ0n) is 15.8. The first-order chi connectivity index (χ1) is 13.7. The van der Waals surface area contributed by atoms with Gasteiger partial charge in [-0.1, -0.05) is 35.8 Å². The molecule has 0 saturated heterocycles. The Labute approximate surface area is 163 Å². The van der Waals surface area contributed by atoms with Crippen LogP contribution in [0.4, 0.5) is 0 Å². The van der Waals surface area contributed by atoms with Gasteiger partial charge in [-0.2, -0.15) is 4.98 Å². The highest BCUT2D eigenvalue weighted by atomic mass is 16.5. The number of ether oxygens (including phenoxy) is 2. The van der Waals surface area contributed by atoms with Crippen LogP contribution in [0.25, 0.3) is 0 Å². The molecular weight excluding hydrogens is 356 g/mol. The summed E-state index contributed by atoms with van der Waals surface area (Å²) in [5.41, 5.74) is 2.47. The Hall–Kier alpha value is -3.15. The third-order valence-electron chi connectivity index (χ3n) is 5.04. The molecule has 1 saturated carbocycles. The Morgan fingerprint density at radius 3 is 2.57 bits per heavy atom. The van der Waals surface area contributed by atoms with Crippen molar-refractivity contribution in [2.75, 3.05) is 0 Å². The predicted molar refractivity (Wildman–Crippen MR) is 103 cm³/mol. The molecule has 0 N–H and O–H groups in total. The minimum Gasteiger partial charge on any atom is -0.489 e. The van der Waals surface area contributed by atoms with Gasteiger partial charge in [0.25, 0.3) is 0 Å². The van der Waals surface area contributed by atoms with E-state index < -0.39 is 0 Å². The summed E-state index contributed by atoms with van der Waals surface area (Å²) in [6.07, 6.45) is 4.34. The third-order valence-corrected chi connectivity index (χ3v) is 5.04. The van der Waals surface area contributed by atoms with Crippen LogP contribution in [0.5, 0.6) is 11.5 Å². The van der Waals surface area contributed by atoms with E-state index in [-0.39, 0.29) is 6.61 Å². The van der Waals surface area contributed by atoms with Crippen LogP contribution in [0.1, 0.15) is 58.4 Å². The Morgan fingerprint density at radius 2 is 1.86 bits per heavy atom. The van der Waals surface area contributed by atoms with Gasteiger partial charge in [0.1, 0.15) is 18.1 Å². The summed E-state index contributed by atoms with van der Waals surface area (Å²) in [6, 6.07) is 13.1. The van der Waals surface area contributed by atoms with E-state index in [4.69, 9.17) is 14.0 Å². The van der Waals surface area contributed by atoms with Crippen LogP contribution in [0.2, 0.25) is 0 Å². The Bertz CT molecular complexity index is 963. The SMILES string of the molecule is Cc1cccc(COc2cccc(OCc3noc(C4CCC4)n3)c2)c1C=O. The van der Waals surface area contributed by atoms with Crippen molar-refractivity contribution in [2.45, 2.75) is 45.3 Å². The first-order valence-corrected chi connectivity index (χ1v) is 9.45. The molecule has 0 radical (unpaired) electrons. The molecule has 1 fully saturated rings. The maximum absolute atomic E-state index is 11.3. The second-order valence-corrected chi connectivity index (χ2v) is 6.99. The summed E-state index contributed by atoms with van der Waals surface area (Å²) >= 11 is 0. The highest BCUT2D eigenvalue weighted by Gasteiger charge is 2.25. The number of hydrogen-bond acceptors (Lipinski definition) is 6. The minimum absolute atomic E-state index is 0.243. The number of carbonyl (C=O) groups is 1. The maximum atomic E-state index is 11.3. The molecule has 1 aromatic heterocycles. The molecule has 0 aliphatic heterocycles. The van der Waals surface area contributed by atoms with Gasteiger partial charge in [-0.3, -0.25) is 4.79 Å². The molecule has 1 aliphatic carbocycles. The number of nitrogens with zero attached hydrogens (tertiary/aromatic N) is 2. The Kier molecular flexibility index (Phi) is 5.37. The standard InChI is InChI=1S/C22H22N2O4/c1-15-5-2-8-17(20(15)12-25)13-26-18-9-4-10-19(11-18)27-14-21-23-22(28-24-21)16-6-3-7-16/h2,4-5,8-12,16H,3,6-7,13-14H2,1H3. The molecule has 144 valence electrons. The Balaban J connectivity index is 1.36. The zero-order chi connectivity index (χ0) is 19.3. The molecule has 0 atom stereocenters. The van der Waals surface area contributed by atoms with Crippen molar-refractivity contribution < 1.29 is 18.8 Å². The van der Waals surface area contributed by atoms with Gasteiger partial charge in [0.15, 0.2) is 12.9 Å². The molecule has 6 heteroatoms. The molecule has 0 amide bonds. The summed E-state index contributed by atoms with van der Waals surface area (Å²) < 4.78 is 16.9. The van der Waals surface area contributed by atoms with Crippen molar-refractivity contribution >= 4 is 6.29 Å². The molecule has 28 heavy (non-hydrogen) atoms. The first-order valence-electron chi connectivity index (χ1n) is 9.45. The van der Waals surface area contributed by atoms with Gasteiger partial charge in [0.2, 0.25) is 11.7 Å². The fraction of sp³-hybridized carbons (Fsp3) is 0.318. The third kappa shape index (κ3) is 4.06. The van der Waals surface area contributed by atoms with Crippen LogP contribution < -0.4 is 9.47 Å². The van der Waals surface area contributed by atoms with Crippen LogP contribution in [0, 0.1) is 6.92 Å². The van der Waals surface area contributed by atoms with Crippen molar-refractivity contribution in [1.29, 1.82) is 0 Å². The molecular formula is C22H22N2O4. The van der Waals surface area contributed by atoms with Crippen LogP contribution >= 0.6 is 0 Å². The molecule has 0 unspecified atom stereocenters. The summed E-state index contributed by atoms with van der Waals surface area (Å²) in [5, 5.41) is 3.98. The lowest BCUT2D eigenvalue weighted by Crippen LogP contribution is -2.09. The van der Waals surface area contributed by atoms with E-state index in [2.05, 4.69) is 10.1 Å².